The van der Waals surface area contributed by atoms with Gasteiger partial charge in [0.05, 0.1) is 0 Å². The van der Waals surface area contributed by atoms with Crippen molar-refractivity contribution >= 4 is 33.5 Å². The third kappa shape index (κ3) is 4.82. The summed E-state index contributed by atoms with van der Waals surface area (Å²) in [5, 5.41) is 3.02. The van der Waals surface area contributed by atoms with Crippen LogP contribution in [0.3, 0.4) is 0 Å². The zero-order chi connectivity index (χ0) is 20.9. The van der Waals surface area contributed by atoms with E-state index in [0.29, 0.717) is 0 Å². The van der Waals surface area contributed by atoms with Crippen LogP contribution in [0.15, 0.2) is 77.4 Å². The van der Waals surface area contributed by atoms with Gasteiger partial charge < -0.3 is 15.1 Å². The first-order chi connectivity index (χ1) is 14.6. The number of urea groups is 1. The number of nitrogens with one attached hydrogen (secondary N) is 1. The molecule has 4 rings (SSSR count). The van der Waals surface area contributed by atoms with Crippen LogP contribution in [-0.2, 0) is 0 Å². The lowest BCUT2D eigenvalue weighted by Crippen LogP contribution is -2.47. The van der Waals surface area contributed by atoms with E-state index in [-0.39, 0.29) is 12.1 Å². The molecular formula is C24H25BrN4O. The molecule has 0 bridgehead atoms. The highest BCUT2D eigenvalue weighted by atomic mass is 79.9. The predicted molar refractivity (Wildman–Crippen MR) is 126 cm³/mol. The van der Waals surface area contributed by atoms with E-state index in [4.69, 9.17) is 0 Å². The quantitative estimate of drug-likeness (QED) is 0.542. The molecule has 0 saturated carbocycles. The standard InChI is InChI=1S/C24H25BrN4O/c1-28(22-13-15-29(16-14-22)23-12-9-20(25)17-26-23)24(30)27-21-10-7-19(8-11-21)18-5-3-2-4-6-18/h2-12,17,22H,13-16H2,1H3,(H,27,30). The number of carbonyl (C=O) groups excluding carboxylic acids is 1. The first kappa shape index (κ1) is 20.4. The number of anilines is 2. The molecule has 6 heteroatoms. The highest BCUT2D eigenvalue weighted by molar-refractivity contribution is 9.10. The Balaban J connectivity index is 1.31. The van der Waals surface area contributed by atoms with Crippen LogP contribution in [-0.4, -0.2) is 42.1 Å². The van der Waals surface area contributed by atoms with Crippen LogP contribution in [0.4, 0.5) is 16.3 Å². The van der Waals surface area contributed by atoms with Crippen molar-refractivity contribution in [3.8, 4) is 11.1 Å². The highest BCUT2D eigenvalue weighted by Crippen LogP contribution is 2.24. The van der Waals surface area contributed by atoms with Gasteiger partial charge in [-0.05, 0) is 64.2 Å². The molecule has 5 nitrogen and oxygen atoms in total. The van der Waals surface area contributed by atoms with Gasteiger partial charge in [0.25, 0.3) is 0 Å². The van der Waals surface area contributed by atoms with E-state index >= 15 is 0 Å². The fourth-order valence-corrected chi connectivity index (χ4v) is 4.03. The normalized spacial score (nSPS) is 14.4. The number of hydrogen-bond acceptors (Lipinski definition) is 3. The van der Waals surface area contributed by atoms with E-state index in [1.54, 1.807) is 0 Å². The molecule has 0 radical (unpaired) electrons. The van der Waals surface area contributed by atoms with Crippen molar-refractivity contribution in [1.29, 1.82) is 0 Å². The van der Waals surface area contributed by atoms with Crippen molar-refractivity contribution in [3.05, 3.63) is 77.4 Å². The molecule has 1 saturated heterocycles. The van der Waals surface area contributed by atoms with Crippen molar-refractivity contribution in [3.63, 3.8) is 0 Å². The van der Waals surface area contributed by atoms with Gasteiger partial charge in [-0.1, -0.05) is 42.5 Å². The van der Waals surface area contributed by atoms with Gasteiger partial charge in [0, 0.05) is 42.5 Å². The summed E-state index contributed by atoms with van der Waals surface area (Å²) in [6.45, 7) is 1.78. The lowest BCUT2D eigenvalue weighted by Gasteiger charge is -2.37. The van der Waals surface area contributed by atoms with E-state index in [1.165, 1.54) is 5.56 Å². The lowest BCUT2D eigenvalue weighted by molar-refractivity contribution is 0.193. The minimum atomic E-state index is -0.0670. The molecule has 0 aliphatic carbocycles. The largest absolute Gasteiger partial charge is 0.356 e. The van der Waals surface area contributed by atoms with Crippen molar-refractivity contribution in [2.45, 2.75) is 18.9 Å². The predicted octanol–water partition coefficient (Wildman–Crippen LogP) is 5.64. The molecule has 0 atom stereocenters. The highest BCUT2D eigenvalue weighted by Gasteiger charge is 2.26. The average Bonchev–Trinajstić information content (AvgIpc) is 2.80. The molecular weight excluding hydrogens is 440 g/mol. The van der Waals surface area contributed by atoms with Gasteiger partial charge in [0.1, 0.15) is 5.82 Å². The molecule has 3 aromatic rings. The Morgan fingerprint density at radius 2 is 1.67 bits per heavy atom. The zero-order valence-corrected chi connectivity index (χ0v) is 18.5. The Morgan fingerprint density at radius 1 is 1.00 bits per heavy atom. The summed E-state index contributed by atoms with van der Waals surface area (Å²) < 4.78 is 0.981. The number of piperidine rings is 1. The number of halogens is 1. The molecule has 2 heterocycles. The third-order valence-corrected chi connectivity index (χ3v) is 6.08. The molecule has 1 aromatic heterocycles. The maximum absolute atomic E-state index is 12.7. The summed E-state index contributed by atoms with van der Waals surface area (Å²) >= 11 is 3.42. The summed E-state index contributed by atoms with van der Waals surface area (Å²) in [6.07, 6.45) is 3.67. The van der Waals surface area contributed by atoms with Crippen molar-refractivity contribution < 1.29 is 4.79 Å². The molecule has 2 amide bonds. The summed E-state index contributed by atoms with van der Waals surface area (Å²) in [4.78, 5) is 21.3. The fraction of sp³-hybridized carbons (Fsp3) is 0.250. The molecule has 0 spiro atoms. The molecule has 1 N–H and O–H groups in total. The van der Waals surface area contributed by atoms with E-state index in [0.717, 1.165) is 47.5 Å². The van der Waals surface area contributed by atoms with Gasteiger partial charge >= 0.3 is 6.03 Å². The van der Waals surface area contributed by atoms with Crippen LogP contribution < -0.4 is 10.2 Å². The maximum atomic E-state index is 12.7. The van der Waals surface area contributed by atoms with Crippen LogP contribution in [0.25, 0.3) is 11.1 Å². The minimum Gasteiger partial charge on any atom is -0.356 e. The van der Waals surface area contributed by atoms with Crippen LogP contribution in [0, 0.1) is 0 Å². The summed E-state index contributed by atoms with van der Waals surface area (Å²) in [7, 11) is 1.88. The van der Waals surface area contributed by atoms with Crippen LogP contribution in [0.5, 0.6) is 0 Å². The van der Waals surface area contributed by atoms with Crippen LogP contribution in [0.1, 0.15) is 12.8 Å². The first-order valence-electron chi connectivity index (χ1n) is 10.2. The van der Waals surface area contributed by atoms with Gasteiger partial charge in [-0.15, -0.1) is 0 Å². The van der Waals surface area contributed by atoms with Crippen molar-refractivity contribution in [2.24, 2.45) is 0 Å². The SMILES string of the molecule is CN(C(=O)Nc1ccc(-c2ccccc2)cc1)C1CCN(c2ccc(Br)cn2)CC1. The van der Waals surface area contributed by atoms with E-state index in [9.17, 15) is 4.79 Å². The molecule has 2 aromatic carbocycles. The molecule has 154 valence electrons. The Hall–Kier alpha value is -2.86. The molecule has 1 aliphatic heterocycles. The number of rotatable bonds is 4. The van der Waals surface area contributed by atoms with E-state index in [1.807, 2.05) is 72.7 Å². The second-order valence-electron chi connectivity index (χ2n) is 7.54. The second-order valence-corrected chi connectivity index (χ2v) is 8.45. The van der Waals surface area contributed by atoms with Gasteiger partial charge in [-0.2, -0.15) is 0 Å². The Morgan fingerprint density at radius 3 is 2.30 bits per heavy atom. The Kier molecular flexibility index (Phi) is 6.33. The molecule has 1 aliphatic rings. The first-order valence-corrected chi connectivity index (χ1v) is 11.0. The van der Waals surface area contributed by atoms with Gasteiger partial charge in [0.2, 0.25) is 0 Å². The van der Waals surface area contributed by atoms with Gasteiger partial charge in [-0.25, -0.2) is 9.78 Å². The van der Waals surface area contributed by atoms with Crippen LogP contribution >= 0.6 is 15.9 Å². The van der Waals surface area contributed by atoms with E-state index in [2.05, 4.69) is 43.3 Å². The third-order valence-electron chi connectivity index (χ3n) is 5.61. The van der Waals surface area contributed by atoms with E-state index < -0.39 is 0 Å². The van der Waals surface area contributed by atoms with Gasteiger partial charge in [-0.3, -0.25) is 0 Å². The topological polar surface area (TPSA) is 48.5 Å². The number of amides is 2. The number of pyridine rings is 1. The zero-order valence-electron chi connectivity index (χ0n) is 17.0. The lowest BCUT2D eigenvalue weighted by atomic mass is 10.0. The summed E-state index contributed by atoms with van der Waals surface area (Å²) in [5.74, 6) is 0.988. The summed E-state index contributed by atoms with van der Waals surface area (Å²) in [5.41, 5.74) is 3.11. The Labute approximate surface area is 185 Å². The Bertz CT molecular complexity index is 968. The number of benzene rings is 2. The smallest absolute Gasteiger partial charge is 0.321 e. The average molecular weight is 465 g/mol. The number of hydrogen-bond donors (Lipinski definition) is 1. The number of nitrogens with zero attached hydrogens (tertiary/aromatic N) is 3. The summed E-state index contributed by atoms with van der Waals surface area (Å²) in [6, 6.07) is 22.4. The maximum Gasteiger partial charge on any atom is 0.321 e. The molecule has 0 unspecified atom stereocenters. The molecule has 1 fully saturated rings. The monoisotopic (exact) mass is 464 g/mol. The fourth-order valence-electron chi connectivity index (χ4n) is 3.79. The minimum absolute atomic E-state index is 0.0670. The molecule has 30 heavy (non-hydrogen) atoms. The van der Waals surface area contributed by atoms with Crippen molar-refractivity contribution in [1.82, 2.24) is 9.88 Å². The number of carbonyl (C=O) groups is 1. The number of aromatic nitrogens is 1. The second kappa shape index (κ2) is 9.30. The van der Waals surface area contributed by atoms with Gasteiger partial charge in [0.15, 0.2) is 0 Å². The van der Waals surface area contributed by atoms with Crippen molar-refractivity contribution in [2.75, 3.05) is 30.4 Å². The van der Waals surface area contributed by atoms with Crippen LogP contribution in [0.2, 0.25) is 0 Å².